The van der Waals surface area contributed by atoms with E-state index in [1.165, 1.54) is 24.8 Å². The second kappa shape index (κ2) is 7.77. The third-order valence-electron chi connectivity index (χ3n) is 7.11. The molecular formula is C23H31ClN4O. The fourth-order valence-electron chi connectivity index (χ4n) is 5.54. The lowest BCUT2D eigenvalue weighted by Gasteiger charge is -2.62. The summed E-state index contributed by atoms with van der Waals surface area (Å²) in [6.45, 7) is 5.87. The van der Waals surface area contributed by atoms with E-state index in [9.17, 15) is 0 Å². The number of nitrogens with zero attached hydrogens (tertiary/aromatic N) is 4. The number of fused-ring (bicyclic) bond motifs is 2. The summed E-state index contributed by atoms with van der Waals surface area (Å²) in [5.41, 5.74) is 1.69. The van der Waals surface area contributed by atoms with Crippen LogP contribution in [0.4, 0.5) is 5.82 Å². The molecule has 2 aliphatic rings. The van der Waals surface area contributed by atoms with Crippen LogP contribution in [0.5, 0.6) is 5.75 Å². The minimum Gasteiger partial charge on any atom is -0.497 e. The van der Waals surface area contributed by atoms with E-state index in [-0.39, 0.29) is 11.1 Å². The number of ether oxygens (including phenoxy) is 1. The molecule has 2 aliphatic heterocycles. The SMILES string of the molecule is COc1ccc(CN2C3(C)CCCC2(C)CC(N(C)c2ccc(Cl)nn2)C3)cc1. The molecule has 2 saturated heterocycles. The van der Waals surface area contributed by atoms with Gasteiger partial charge < -0.3 is 9.64 Å². The zero-order valence-electron chi connectivity index (χ0n) is 17.9. The maximum atomic E-state index is 5.93. The summed E-state index contributed by atoms with van der Waals surface area (Å²) >= 11 is 5.93. The average molecular weight is 415 g/mol. The fraction of sp³-hybridized carbons (Fsp3) is 0.565. The molecule has 1 aromatic carbocycles. The molecule has 1 aromatic heterocycles. The Hall–Kier alpha value is -1.85. The Bertz CT molecular complexity index is 823. The number of aromatic nitrogens is 2. The van der Waals surface area contributed by atoms with Gasteiger partial charge in [-0.3, -0.25) is 4.90 Å². The quantitative estimate of drug-likeness (QED) is 0.693. The summed E-state index contributed by atoms with van der Waals surface area (Å²) in [6.07, 6.45) is 6.01. The van der Waals surface area contributed by atoms with E-state index < -0.39 is 0 Å². The fourth-order valence-corrected chi connectivity index (χ4v) is 5.64. The van der Waals surface area contributed by atoms with Gasteiger partial charge in [0, 0.05) is 30.7 Å². The number of piperidine rings is 2. The summed E-state index contributed by atoms with van der Waals surface area (Å²) in [4.78, 5) is 5.07. The number of hydrogen-bond donors (Lipinski definition) is 0. The topological polar surface area (TPSA) is 41.5 Å². The van der Waals surface area contributed by atoms with Crippen molar-refractivity contribution in [1.29, 1.82) is 0 Å². The van der Waals surface area contributed by atoms with Gasteiger partial charge in [0.25, 0.3) is 0 Å². The van der Waals surface area contributed by atoms with Crippen LogP contribution in [0.15, 0.2) is 36.4 Å². The second-order valence-electron chi connectivity index (χ2n) is 9.17. The largest absolute Gasteiger partial charge is 0.497 e. The highest BCUT2D eigenvalue weighted by molar-refractivity contribution is 6.29. The van der Waals surface area contributed by atoms with Crippen molar-refractivity contribution in [3.8, 4) is 5.75 Å². The summed E-state index contributed by atoms with van der Waals surface area (Å²) in [7, 11) is 3.86. The molecule has 156 valence electrons. The van der Waals surface area contributed by atoms with Crippen molar-refractivity contribution in [3.63, 3.8) is 0 Å². The molecule has 29 heavy (non-hydrogen) atoms. The van der Waals surface area contributed by atoms with Crippen LogP contribution in [0, 0.1) is 0 Å². The predicted octanol–water partition coefficient (Wildman–Crippen LogP) is 4.94. The molecule has 2 fully saturated rings. The normalized spacial score (nSPS) is 29.5. The number of hydrogen-bond acceptors (Lipinski definition) is 5. The van der Waals surface area contributed by atoms with Crippen LogP contribution >= 0.6 is 11.6 Å². The van der Waals surface area contributed by atoms with Gasteiger partial charge in [-0.2, -0.15) is 0 Å². The standard InChI is InChI=1S/C23H31ClN4O/c1-22-12-5-13-23(2,28(22)16-17-6-8-19(29-4)9-7-17)15-18(14-22)27(3)21-11-10-20(24)25-26-21/h6-11,18H,5,12-16H2,1-4H3. The lowest BCUT2D eigenvalue weighted by Crippen LogP contribution is -2.67. The van der Waals surface area contributed by atoms with Gasteiger partial charge in [-0.1, -0.05) is 23.7 Å². The Morgan fingerprint density at radius 2 is 1.72 bits per heavy atom. The molecule has 0 N–H and O–H groups in total. The van der Waals surface area contributed by atoms with Crippen molar-refractivity contribution in [2.75, 3.05) is 19.1 Å². The number of benzene rings is 1. The van der Waals surface area contributed by atoms with Crippen molar-refractivity contribution >= 4 is 17.4 Å². The summed E-state index contributed by atoms with van der Waals surface area (Å²) in [6, 6.07) is 12.8. The summed E-state index contributed by atoms with van der Waals surface area (Å²) in [5, 5.41) is 8.79. The highest BCUT2D eigenvalue weighted by Crippen LogP contribution is 2.50. The Labute approximate surface area is 179 Å². The van der Waals surface area contributed by atoms with Crippen LogP contribution in [0.2, 0.25) is 5.15 Å². The van der Waals surface area contributed by atoms with Crippen LogP contribution in [-0.2, 0) is 6.54 Å². The number of halogens is 1. The van der Waals surface area contributed by atoms with Crippen molar-refractivity contribution in [3.05, 3.63) is 47.1 Å². The van der Waals surface area contributed by atoms with Gasteiger partial charge >= 0.3 is 0 Å². The molecule has 2 unspecified atom stereocenters. The molecule has 2 aromatic rings. The van der Waals surface area contributed by atoms with Crippen molar-refractivity contribution < 1.29 is 4.74 Å². The van der Waals surface area contributed by atoms with Crippen LogP contribution in [0.1, 0.15) is 51.5 Å². The molecule has 0 spiro atoms. The first-order valence-corrected chi connectivity index (χ1v) is 10.8. The monoisotopic (exact) mass is 414 g/mol. The van der Waals surface area contributed by atoms with Gasteiger partial charge in [0.2, 0.25) is 0 Å². The van der Waals surface area contributed by atoms with Crippen LogP contribution in [0.3, 0.4) is 0 Å². The molecule has 0 aliphatic carbocycles. The molecule has 4 rings (SSSR count). The van der Waals surface area contributed by atoms with Crippen LogP contribution in [-0.4, -0.2) is 46.4 Å². The van der Waals surface area contributed by atoms with Crippen molar-refractivity contribution in [2.24, 2.45) is 0 Å². The molecule has 2 bridgehead atoms. The molecule has 3 heterocycles. The zero-order valence-corrected chi connectivity index (χ0v) is 18.6. The van der Waals surface area contributed by atoms with E-state index in [4.69, 9.17) is 16.3 Å². The van der Waals surface area contributed by atoms with Gasteiger partial charge in [0.05, 0.1) is 7.11 Å². The lowest BCUT2D eigenvalue weighted by atomic mass is 9.66. The maximum Gasteiger partial charge on any atom is 0.151 e. The van der Waals surface area contributed by atoms with Crippen LogP contribution in [0.25, 0.3) is 0 Å². The molecule has 0 radical (unpaired) electrons. The first kappa shape index (κ1) is 20.4. The Kier molecular flexibility index (Phi) is 5.47. The number of anilines is 1. The highest BCUT2D eigenvalue weighted by Gasteiger charge is 2.52. The Morgan fingerprint density at radius 3 is 2.28 bits per heavy atom. The summed E-state index contributed by atoms with van der Waals surface area (Å²) < 4.78 is 5.32. The third kappa shape index (κ3) is 3.95. The maximum absolute atomic E-state index is 5.93. The van der Waals surface area contributed by atoms with Gasteiger partial charge in [-0.15, -0.1) is 10.2 Å². The second-order valence-corrected chi connectivity index (χ2v) is 9.56. The number of rotatable bonds is 5. The van der Waals surface area contributed by atoms with Crippen molar-refractivity contribution in [1.82, 2.24) is 15.1 Å². The third-order valence-corrected chi connectivity index (χ3v) is 7.31. The first-order chi connectivity index (χ1) is 13.8. The molecular weight excluding hydrogens is 384 g/mol. The predicted molar refractivity (Wildman–Crippen MR) is 118 cm³/mol. The van der Waals surface area contributed by atoms with E-state index in [1.807, 2.05) is 12.1 Å². The zero-order chi connectivity index (χ0) is 20.6. The lowest BCUT2D eigenvalue weighted by molar-refractivity contribution is -0.0976. The molecule has 6 heteroatoms. The van der Waals surface area contributed by atoms with Gasteiger partial charge in [-0.05, 0) is 75.8 Å². The molecule has 0 amide bonds. The van der Waals surface area contributed by atoms with E-state index in [1.54, 1.807) is 7.11 Å². The van der Waals surface area contributed by atoms with E-state index in [0.29, 0.717) is 11.2 Å². The van der Waals surface area contributed by atoms with Gasteiger partial charge in [0.15, 0.2) is 11.0 Å². The summed E-state index contributed by atoms with van der Waals surface area (Å²) in [5.74, 6) is 1.81. The van der Waals surface area contributed by atoms with E-state index >= 15 is 0 Å². The molecule has 0 saturated carbocycles. The minimum atomic E-state index is 0.171. The molecule has 5 nitrogen and oxygen atoms in total. The van der Waals surface area contributed by atoms with Gasteiger partial charge in [-0.25, -0.2) is 0 Å². The Morgan fingerprint density at radius 1 is 1.07 bits per heavy atom. The molecule has 2 atom stereocenters. The highest BCUT2D eigenvalue weighted by atomic mass is 35.5. The van der Waals surface area contributed by atoms with Crippen LogP contribution < -0.4 is 9.64 Å². The van der Waals surface area contributed by atoms with Crippen molar-refractivity contribution in [2.45, 2.75) is 69.6 Å². The minimum absolute atomic E-state index is 0.171. The smallest absolute Gasteiger partial charge is 0.151 e. The van der Waals surface area contributed by atoms with E-state index in [0.717, 1.165) is 31.0 Å². The van der Waals surface area contributed by atoms with E-state index in [2.05, 4.69) is 65.2 Å². The first-order valence-electron chi connectivity index (χ1n) is 10.5. The number of methoxy groups -OCH3 is 1. The Balaban J connectivity index is 1.57. The average Bonchev–Trinajstić information content (AvgIpc) is 2.70. The van der Waals surface area contributed by atoms with Gasteiger partial charge in [0.1, 0.15) is 5.75 Å².